The molecule has 1 nitrogen and oxygen atoms in total. The molecule has 2 aromatic rings. The van der Waals surface area contributed by atoms with Gasteiger partial charge in [0.2, 0.25) is 0 Å². The van der Waals surface area contributed by atoms with Gasteiger partial charge in [0.25, 0.3) is 0 Å². The molecule has 0 aliphatic heterocycles. The first-order chi connectivity index (χ1) is 8.16. The fraction of sp³-hybridized carbons (Fsp3) is 0.214. The number of hydrogen-bond donors (Lipinski definition) is 0. The summed E-state index contributed by atoms with van der Waals surface area (Å²) >= 11 is 7.32. The van der Waals surface area contributed by atoms with Crippen molar-refractivity contribution in [1.82, 2.24) is 0 Å². The topological polar surface area (TPSA) is 17.1 Å². The molecule has 2 rings (SSSR count). The lowest BCUT2D eigenvalue weighted by atomic mass is 9.95. The van der Waals surface area contributed by atoms with E-state index >= 15 is 0 Å². The van der Waals surface area contributed by atoms with E-state index in [-0.39, 0.29) is 11.7 Å². The van der Waals surface area contributed by atoms with Gasteiger partial charge in [-0.25, -0.2) is 0 Å². The van der Waals surface area contributed by atoms with Gasteiger partial charge in [0.05, 0.1) is 4.34 Å². The molecule has 17 heavy (non-hydrogen) atoms. The molecule has 0 fully saturated rings. The van der Waals surface area contributed by atoms with Gasteiger partial charge in [0, 0.05) is 17.2 Å². The number of benzene rings is 1. The number of Topliss-reactive ketones (excluding diaryl/α,β-unsaturated/α-hetero) is 1. The molecule has 0 bridgehead atoms. The van der Waals surface area contributed by atoms with Gasteiger partial charge in [-0.2, -0.15) is 0 Å². The van der Waals surface area contributed by atoms with E-state index in [1.165, 1.54) is 11.3 Å². The second-order valence-corrected chi connectivity index (χ2v) is 5.78. The Balaban J connectivity index is 2.06. The Morgan fingerprint density at radius 3 is 2.53 bits per heavy atom. The lowest BCUT2D eigenvalue weighted by Crippen LogP contribution is -2.11. The zero-order chi connectivity index (χ0) is 12.3. The largest absolute Gasteiger partial charge is 0.299 e. The zero-order valence-electron chi connectivity index (χ0n) is 9.52. The molecule has 0 saturated carbocycles. The Hall–Kier alpha value is -1.12. The number of carbonyl (C=O) groups excluding carboxylic acids is 1. The van der Waals surface area contributed by atoms with Crippen LogP contribution < -0.4 is 0 Å². The fourth-order valence-electron chi connectivity index (χ4n) is 1.70. The van der Waals surface area contributed by atoms with E-state index in [0.29, 0.717) is 6.42 Å². The average Bonchev–Trinajstić information content (AvgIpc) is 2.75. The molecule has 0 aliphatic rings. The lowest BCUT2D eigenvalue weighted by molar-refractivity contribution is -0.119. The van der Waals surface area contributed by atoms with Gasteiger partial charge in [-0.15, -0.1) is 11.3 Å². The minimum Gasteiger partial charge on any atom is -0.299 e. The number of thiophene rings is 1. The minimum atomic E-state index is -0.0583. The SMILES string of the molecule is CC(C(=O)Cc1ccc(Cl)s1)c1ccccc1. The van der Waals surface area contributed by atoms with Gasteiger partial charge in [-0.05, 0) is 17.7 Å². The Labute approximate surface area is 110 Å². The van der Waals surface area contributed by atoms with Crippen LogP contribution in [0.2, 0.25) is 4.34 Å². The van der Waals surface area contributed by atoms with Crippen molar-refractivity contribution in [3.8, 4) is 0 Å². The van der Waals surface area contributed by atoms with Crippen molar-refractivity contribution in [2.24, 2.45) is 0 Å². The maximum Gasteiger partial charge on any atom is 0.145 e. The summed E-state index contributed by atoms with van der Waals surface area (Å²) in [5, 5.41) is 0. The number of carbonyl (C=O) groups is 1. The number of hydrogen-bond acceptors (Lipinski definition) is 2. The minimum absolute atomic E-state index is 0.0583. The number of ketones is 1. The van der Waals surface area contributed by atoms with Crippen molar-refractivity contribution in [3.63, 3.8) is 0 Å². The van der Waals surface area contributed by atoms with Crippen molar-refractivity contribution in [2.45, 2.75) is 19.3 Å². The van der Waals surface area contributed by atoms with Crippen LogP contribution in [0.5, 0.6) is 0 Å². The average molecular weight is 265 g/mol. The molecule has 1 aromatic carbocycles. The first kappa shape index (κ1) is 12.3. The second-order valence-electron chi connectivity index (χ2n) is 3.98. The summed E-state index contributed by atoms with van der Waals surface area (Å²) in [4.78, 5) is 13.1. The predicted molar refractivity (Wildman–Crippen MR) is 72.9 cm³/mol. The van der Waals surface area contributed by atoms with E-state index in [0.717, 1.165) is 14.8 Å². The van der Waals surface area contributed by atoms with E-state index in [4.69, 9.17) is 11.6 Å². The first-order valence-electron chi connectivity index (χ1n) is 5.48. The summed E-state index contributed by atoms with van der Waals surface area (Å²) in [5.74, 6) is 0.173. The normalized spacial score (nSPS) is 12.4. The van der Waals surface area contributed by atoms with Crippen molar-refractivity contribution in [2.75, 3.05) is 0 Å². The molecule has 1 heterocycles. The molecule has 88 valence electrons. The van der Waals surface area contributed by atoms with Crippen molar-refractivity contribution in [1.29, 1.82) is 0 Å². The molecule has 0 radical (unpaired) electrons. The quantitative estimate of drug-likeness (QED) is 0.804. The van der Waals surface area contributed by atoms with Crippen LogP contribution in [0.15, 0.2) is 42.5 Å². The highest BCUT2D eigenvalue weighted by Gasteiger charge is 2.15. The summed E-state index contributed by atoms with van der Waals surface area (Å²) in [6, 6.07) is 13.6. The monoisotopic (exact) mass is 264 g/mol. The summed E-state index contributed by atoms with van der Waals surface area (Å²) in [7, 11) is 0. The highest BCUT2D eigenvalue weighted by Crippen LogP contribution is 2.24. The third-order valence-electron chi connectivity index (χ3n) is 2.76. The highest BCUT2D eigenvalue weighted by atomic mass is 35.5. The molecule has 1 atom stereocenters. The van der Waals surface area contributed by atoms with Gasteiger partial charge >= 0.3 is 0 Å². The van der Waals surface area contributed by atoms with E-state index in [1.54, 1.807) is 0 Å². The van der Waals surface area contributed by atoms with Crippen LogP contribution in [0.25, 0.3) is 0 Å². The third-order valence-corrected chi connectivity index (χ3v) is 3.99. The van der Waals surface area contributed by atoms with Gasteiger partial charge in [0.1, 0.15) is 5.78 Å². The Morgan fingerprint density at radius 1 is 1.24 bits per heavy atom. The Morgan fingerprint density at radius 2 is 1.94 bits per heavy atom. The van der Waals surface area contributed by atoms with E-state index in [1.807, 2.05) is 49.4 Å². The summed E-state index contributed by atoms with van der Waals surface area (Å²) in [6.07, 6.45) is 0.466. The number of halogens is 1. The van der Waals surface area contributed by atoms with Crippen LogP contribution in [0.1, 0.15) is 23.3 Å². The molecular weight excluding hydrogens is 252 g/mol. The fourth-order valence-corrected chi connectivity index (χ4v) is 2.80. The molecule has 0 spiro atoms. The summed E-state index contributed by atoms with van der Waals surface area (Å²) < 4.78 is 0.736. The van der Waals surface area contributed by atoms with E-state index in [9.17, 15) is 4.79 Å². The van der Waals surface area contributed by atoms with Crippen molar-refractivity contribution >= 4 is 28.7 Å². The predicted octanol–water partition coefficient (Wildman–Crippen LogP) is 4.32. The van der Waals surface area contributed by atoms with E-state index in [2.05, 4.69) is 0 Å². The van der Waals surface area contributed by atoms with Crippen LogP contribution in [0, 0.1) is 0 Å². The smallest absolute Gasteiger partial charge is 0.145 e. The molecule has 1 unspecified atom stereocenters. The number of rotatable bonds is 4. The second kappa shape index (κ2) is 5.48. The van der Waals surface area contributed by atoms with Gasteiger partial charge in [0.15, 0.2) is 0 Å². The standard InChI is InChI=1S/C14H13ClOS/c1-10(11-5-3-2-4-6-11)13(16)9-12-7-8-14(15)17-12/h2-8,10H,9H2,1H3. The Bertz CT molecular complexity index is 504. The summed E-state index contributed by atoms with van der Waals surface area (Å²) in [6.45, 7) is 1.95. The molecule has 0 saturated heterocycles. The molecular formula is C14H13ClOS. The molecule has 0 N–H and O–H groups in total. The van der Waals surface area contributed by atoms with Crippen LogP contribution in [-0.2, 0) is 11.2 Å². The van der Waals surface area contributed by atoms with Gasteiger partial charge < -0.3 is 0 Å². The highest BCUT2D eigenvalue weighted by molar-refractivity contribution is 7.16. The van der Waals surface area contributed by atoms with E-state index < -0.39 is 0 Å². The summed E-state index contributed by atoms with van der Waals surface area (Å²) in [5.41, 5.74) is 1.07. The van der Waals surface area contributed by atoms with Crippen LogP contribution in [-0.4, -0.2) is 5.78 Å². The van der Waals surface area contributed by atoms with Crippen molar-refractivity contribution in [3.05, 3.63) is 57.2 Å². The maximum absolute atomic E-state index is 12.1. The van der Waals surface area contributed by atoms with Crippen LogP contribution in [0.3, 0.4) is 0 Å². The van der Waals surface area contributed by atoms with Crippen LogP contribution >= 0.6 is 22.9 Å². The van der Waals surface area contributed by atoms with Gasteiger partial charge in [-0.1, -0.05) is 48.9 Å². The molecule has 0 aliphatic carbocycles. The third kappa shape index (κ3) is 3.18. The molecule has 0 amide bonds. The lowest BCUT2D eigenvalue weighted by Gasteiger charge is -2.09. The first-order valence-corrected chi connectivity index (χ1v) is 6.68. The molecule has 1 aromatic heterocycles. The van der Waals surface area contributed by atoms with Crippen LogP contribution in [0.4, 0.5) is 0 Å². The maximum atomic E-state index is 12.1. The zero-order valence-corrected chi connectivity index (χ0v) is 11.1. The molecule has 3 heteroatoms. The van der Waals surface area contributed by atoms with Gasteiger partial charge in [-0.3, -0.25) is 4.79 Å². The Kier molecular flexibility index (Phi) is 3.97. The van der Waals surface area contributed by atoms with Crippen molar-refractivity contribution < 1.29 is 4.79 Å².